The lowest BCUT2D eigenvalue weighted by atomic mass is 10.1. The average Bonchev–Trinajstić information content (AvgIpc) is 2.89. The second kappa shape index (κ2) is 5.30. The molecule has 0 saturated carbocycles. The van der Waals surface area contributed by atoms with Crippen LogP contribution in [0.15, 0.2) is 43.0 Å². The van der Waals surface area contributed by atoms with Gasteiger partial charge in [-0.3, -0.25) is 0 Å². The molecule has 0 amide bonds. The number of hydrogen-bond acceptors (Lipinski definition) is 4. The molecule has 1 aromatic rings. The molecule has 4 atom stereocenters. The highest BCUT2D eigenvalue weighted by atomic mass is 16.8. The molecule has 0 radical (unpaired) electrons. The number of ether oxygens (including phenoxy) is 4. The molecule has 108 valence electrons. The highest BCUT2D eigenvalue weighted by Crippen LogP contribution is 2.39. The van der Waals surface area contributed by atoms with Crippen LogP contribution in [0.5, 0.6) is 0 Å². The first-order chi connectivity index (χ1) is 9.59. The van der Waals surface area contributed by atoms with Crippen LogP contribution >= 0.6 is 0 Å². The molecule has 2 aliphatic rings. The Morgan fingerprint density at radius 3 is 2.70 bits per heavy atom. The molecular weight excluding hydrogens is 256 g/mol. The zero-order chi connectivity index (χ0) is 14.2. The van der Waals surface area contributed by atoms with Gasteiger partial charge in [-0.15, -0.1) is 6.58 Å². The normalized spacial score (nSPS) is 34.9. The van der Waals surface area contributed by atoms with Gasteiger partial charge in [-0.05, 0) is 19.4 Å². The van der Waals surface area contributed by atoms with Gasteiger partial charge in [0.15, 0.2) is 12.1 Å². The Morgan fingerprint density at radius 2 is 2.00 bits per heavy atom. The predicted octanol–water partition coefficient (Wildman–Crippen LogP) is 2.63. The highest BCUT2D eigenvalue weighted by molar-refractivity contribution is 5.13. The van der Waals surface area contributed by atoms with Crippen LogP contribution in [0.25, 0.3) is 0 Å². The van der Waals surface area contributed by atoms with Crippen LogP contribution < -0.4 is 0 Å². The third kappa shape index (κ3) is 2.65. The van der Waals surface area contributed by atoms with E-state index in [2.05, 4.69) is 6.58 Å². The predicted molar refractivity (Wildman–Crippen MR) is 73.9 cm³/mol. The van der Waals surface area contributed by atoms with Crippen molar-refractivity contribution in [3.05, 3.63) is 48.6 Å². The molecule has 0 bridgehead atoms. The molecule has 4 heteroatoms. The van der Waals surface area contributed by atoms with Crippen molar-refractivity contribution in [2.75, 3.05) is 0 Å². The molecule has 1 aromatic carbocycles. The van der Waals surface area contributed by atoms with Crippen molar-refractivity contribution in [3.8, 4) is 0 Å². The Hall–Kier alpha value is -1.20. The fraction of sp³-hybridized carbons (Fsp3) is 0.500. The number of fused-ring (bicyclic) bond motifs is 1. The van der Waals surface area contributed by atoms with Crippen molar-refractivity contribution < 1.29 is 18.9 Å². The van der Waals surface area contributed by atoms with Crippen LogP contribution in [0.4, 0.5) is 0 Å². The van der Waals surface area contributed by atoms with Gasteiger partial charge in [0.25, 0.3) is 0 Å². The summed E-state index contributed by atoms with van der Waals surface area (Å²) in [6.07, 6.45) is 0.753. The van der Waals surface area contributed by atoms with Gasteiger partial charge in [-0.2, -0.15) is 0 Å². The van der Waals surface area contributed by atoms with Gasteiger partial charge in [0.2, 0.25) is 0 Å². The van der Waals surface area contributed by atoms with Gasteiger partial charge in [0.1, 0.15) is 18.3 Å². The van der Waals surface area contributed by atoms with E-state index in [1.807, 2.05) is 44.2 Å². The maximum absolute atomic E-state index is 6.00. The van der Waals surface area contributed by atoms with Gasteiger partial charge in [-0.25, -0.2) is 0 Å². The summed E-state index contributed by atoms with van der Waals surface area (Å²) in [5.41, 5.74) is 1.12. The van der Waals surface area contributed by atoms with E-state index in [1.165, 1.54) is 0 Å². The van der Waals surface area contributed by atoms with Crippen LogP contribution in [-0.4, -0.2) is 30.4 Å². The van der Waals surface area contributed by atoms with Gasteiger partial charge in [0, 0.05) is 0 Å². The fourth-order valence-electron chi connectivity index (χ4n) is 2.65. The Bertz CT molecular complexity index is 471. The van der Waals surface area contributed by atoms with Gasteiger partial charge >= 0.3 is 0 Å². The molecule has 0 aromatic heterocycles. The summed E-state index contributed by atoms with van der Waals surface area (Å²) in [6, 6.07) is 10.0. The number of rotatable bonds is 4. The molecule has 4 nitrogen and oxygen atoms in total. The second-order valence-corrected chi connectivity index (χ2v) is 5.57. The summed E-state index contributed by atoms with van der Waals surface area (Å²) in [7, 11) is 0. The van der Waals surface area contributed by atoms with Crippen molar-refractivity contribution in [2.24, 2.45) is 0 Å². The smallest absolute Gasteiger partial charge is 0.190 e. The Kier molecular flexibility index (Phi) is 3.65. The summed E-state index contributed by atoms with van der Waals surface area (Å²) >= 11 is 0. The van der Waals surface area contributed by atoms with Crippen molar-refractivity contribution >= 4 is 0 Å². The monoisotopic (exact) mass is 276 g/mol. The maximum atomic E-state index is 6.00. The van der Waals surface area contributed by atoms with Gasteiger partial charge in [0.05, 0.1) is 6.61 Å². The lowest BCUT2D eigenvalue weighted by Crippen LogP contribution is -2.35. The summed E-state index contributed by atoms with van der Waals surface area (Å²) in [5.74, 6) is -0.629. The number of benzene rings is 1. The van der Waals surface area contributed by atoms with Crippen LogP contribution in [0.3, 0.4) is 0 Å². The van der Waals surface area contributed by atoms with Gasteiger partial charge < -0.3 is 18.9 Å². The first kappa shape index (κ1) is 13.8. The molecule has 3 rings (SSSR count). The topological polar surface area (TPSA) is 36.9 Å². The molecule has 2 saturated heterocycles. The molecule has 2 aliphatic heterocycles. The minimum Gasteiger partial charge on any atom is -0.368 e. The van der Waals surface area contributed by atoms with E-state index >= 15 is 0 Å². The Balaban J connectivity index is 1.68. The summed E-state index contributed by atoms with van der Waals surface area (Å²) in [4.78, 5) is 0. The lowest BCUT2D eigenvalue weighted by molar-refractivity contribution is -0.213. The van der Waals surface area contributed by atoms with Gasteiger partial charge in [-0.1, -0.05) is 36.4 Å². The van der Waals surface area contributed by atoms with Crippen LogP contribution in [0.2, 0.25) is 0 Å². The zero-order valence-corrected chi connectivity index (χ0v) is 11.8. The van der Waals surface area contributed by atoms with Crippen LogP contribution in [-0.2, 0) is 25.6 Å². The minimum absolute atomic E-state index is 0.195. The molecule has 20 heavy (non-hydrogen) atoms. The van der Waals surface area contributed by atoms with E-state index in [4.69, 9.17) is 18.9 Å². The van der Waals surface area contributed by atoms with E-state index in [0.717, 1.165) is 5.56 Å². The molecule has 0 aliphatic carbocycles. The molecule has 0 spiro atoms. The van der Waals surface area contributed by atoms with Crippen molar-refractivity contribution in [3.63, 3.8) is 0 Å². The Labute approximate surface area is 119 Å². The quantitative estimate of drug-likeness (QED) is 0.792. The van der Waals surface area contributed by atoms with E-state index < -0.39 is 5.79 Å². The van der Waals surface area contributed by atoms with E-state index in [1.54, 1.807) is 6.08 Å². The second-order valence-electron chi connectivity index (χ2n) is 5.57. The lowest BCUT2D eigenvalue weighted by Gasteiger charge is -2.24. The van der Waals surface area contributed by atoms with E-state index in [-0.39, 0.29) is 24.6 Å². The molecule has 0 N–H and O–H groups in total. The maximum Gasteiger partial charge on any atom is 0.190 e. The molecular formula is C16H20O4. The minimum atomic E-state index is -0.629. The number of hydrogen-bond donors (Lipinski definition) is 0. The molecule has 2 heterocycles. The van der Waals surface area contributed by atoms with Crippen molar-refractivity contribution in [2.45, 2.75) is 50.8 Å². The molecule has 2 unspecified atom stereocenters. The summed E-state index contributed by atoms with van der Waals surface area (Å²) in [6.45, 7) is 8.08. The van der Waals surface area contributed by atoms with E-state index in [0.29, 0.717) is 6.61 Å². The first-order valence-electron chi connectivity index (χ1n) is 6.88. The average molecular weight is 276 g/mol. The largest absolute Gasteiger partial charge is 0.368 e. The zero-order valence-electron chi connectivity index (χ0n) is 11.8. The third-order valence-electron chi connectivity index (χ3n) is 3.54. The SMILES string of the molecule is C=C[C@H]1OC2OC(C)(C)OC2[C@H]1OCc1ccccc1. The van der Waals surface area contributed by atoms with Crippen LogP contribution in [0.1, 0.15) is 19.4 Å². The fourth-order valence-corrected chi connectivity index (χ4v) is 2.65. The third-order valence-corrected chi connectivity index (χ3v) is 3.54. The first-order valence-corrected chi connectivity index (χ1v) is 6.88. The highest BCUT2D eigenvalue weighted by Gasteiger charge is 2.54. The van der Waals surface area contributed by atoms with Crippen molar-refractivity contribution in [1.29, 1.82) is 0 Å². The molecule has 2 fully saturated rings. The van der Waals surface area contributed by atoms with Crippen molar-refractivity contribution in [1.82, 2.24) is 0 Å². The standard InChI is InChI=1S/C16H20O4/c1-4-12-13(17-10-11-8-6-5-7-9-11)14-15(18-12)20-16(2,3)19-14/h4-9,12-15H,1,10H2,2-3H3/t12-,13+,14?,15?/m1/s1. The van der Waals surface area contributed by atoms with Crippen LogP contribution in [0, 0.1) is 0 Å². The Morgan fingerprint density at radius 1 is 1.25 bits per heavy atom. The summed E-state index contributed by atoms with van der Waals surface area (Å²) in [5, 5.41) is 0. The van der Waals surface area contributed by atoms with E-state index in [9.17, 15) is 0 Å². The summed E-state index contributed by atoms with van der Waals surface area (Å²) < 4.78 is 23.4.